The molecule has 2 amide bonds. The third-order valence-corrected chi connectivity index (χ3v) is 5.59. The molecule has 160 valence electrons. The molecule has 0 saturated carbocycles. The average Bonchev–Trinajstić information content (AvgIpc) is 2.78. The Hall–Kier alpha value is -3.77. The van der Waals surface area contributed by atoms with Crippen molar-refractivity contribution in [3.05, 3.63) is 101 Å². The zero-order valence-corrected chi connectivity index (χ0v) is 18.6. The molecule has 1 fully saturated rings. The second kappa shape index (κ2) is 9.16. The number of amides is 2. The fourth-order valence-electron chi connectivity index (χ4n) is 3.41. The summed E-state index contributed by atoms with van der Waals surface area (Å²) in [6.07, 6.45) is 1.55. The van der Waals surface area contributed by atoms with Gasteiger partial charge in [-0.05, 0) is 67.0 Å². The molecule has 4 rings (SSSR count). The van der Waals surface area contributed by atoms with Crippen LogP contribution in [0.4, 0.5) is 5.69 Å². The summed E-state index contributed by atoms with van der Waals surface area (Å²) >= 11 is 5.24. The molecule has 1 saturated heterocycles. The number of benzene rings is 3. The SMILES string of the molecule is Cc1ccc(COc2ccccc2/C=C2/C(=O)NC(=S)N(c3ccccc3)C2=O)cc1C. The largest absolute Gasteiger partial charge is 0.488 e. The third-order valence-electron chi connectivity index (χ3n) is 5.30. The van der Waals surface area contributed by atoms with Crippen LogP contribution in [0, 0.1) is 13.8 Å². The number of para-hydroxylation sites is 2. The van der Waals surface area contributed by atoms with E-state index in [1.807, 2.05) is 36.4 Å². The molecule has 3 aromatic rings. The van der Waals surface area contributed by atoms with E-state index in [4.69, 9.17) is 17.0 Å². The number of carbonyl (C=O) groups excluding carboxylic acids is 2. The lowest BCUT2D eigenvalue weighted by molar-refractivity contribution is -0.122. The Morgan fingerprint density at radius 2 is 1.66 bits per heavy atom. The minimum atomic E-state index is -0.531. The molecule has 0 aliphatic carbocycles. The lowest BCUT2D eigenvalue weighted by Gasteiger charge is -2.28. The summed E-state index contributed by atoms with van der Waals surface area (Å²) < 4.78 is 6.04. The summed E-state index contributed by atoms with van der Waals surface area (Å²) in [5.74, 6) is -0.428. The average molecular weight is 443 g/mol. The van der Waals surface area contributed by atoms with Crippen molar-refractivity contribution in [3.8, 4) is 5.75 Å². The maximum absolute atomic E-state index is 13.2. The Balaban J connectivity index is 1.62. The molecule has 3 aromatic carbocycles. The van der Waals surface area contributed by atoms with Crippen LogP contribution in [0.15, 0.2) is 78.4 Å². The van der Waals surface area contributed by atoms with E-state index in [0.29, 0.717) is 23.6 Å². The molecule has 0 unspecified atom stereocenters. The Labute approximate surface area is 192 Å². The van der Waals surface area contributed by atoms with E-state index in [-0.39, 0.29) is 10.7 Å². The molecule has 0 radical (unpaired) electrons. The van der Waals surface area contributed by atoms with Crippen molar-refractivity contribution >= 4 is 40.9 Å². The molecule has 0 atom stereocenters. The van der Waals surface area contributed by atoms with E-state index in [0.717, 1.165) is 5.56 Å². The fraction of sp³-hybridized carbons (Fsp3) is 0.115. The first-order chi connectivity index (χ1) is 15.4. The maximum atomic E-state index is 13.2. The summed E-state index contributed by atoms with van der Waals surface area (Å²) in [7, 11) is 0. The summed E-state index contributed by atoms with van der Waals surface area (Å²) in [6, 6.07) is 22.5. The number of thiocarbonyl (C=S) groups is 1. The number of nitrogens with zero attached hydrogens (tertiary/aromatic N) is 1. The molecule has 0 aromatic heterocycles. The number of nitrogens with one attached hydrogen (secondary N) is 1. The van der Waals surface area contributed by atoms with E-state index in [1.54, 1.807) is 30.3 Å². The zero-order chi connectivity index (χ0) is 22.7. The highest BCUT2D eigenvalue weighted by molar-refractivity contribution is 7.80. The standard InChI is InChI=1S/C26H22N2O3S/c1-17-12-13-19(14-18(17)2)16-31-23-11-7-6-8-20(23)15-22-24(29)27-26(32)28(25(22)30)21-9-4-3-5-10-21/h3-15H,16H2,1-2H3,(H,27,29,32)/b22-15-. The topological polar surface area (TPSA) is 58.6 Å². The highest BCUT2D eigenvalue weighted by Gasteiger charge is 2.34. The van der Waals surface area contributed by atoms with E-state index < -0.39 is 11.8 Å². The van der Waals surface area contributed by atoms with Crippen LogP contribution >= 0.6 is 12.2 Å². The second-order valence-electron chi connectivity index (χ2n) is 7.54. The van der Waals surface area contributed by atoms with Crippen molar-refractivity contribution in [2.45, 2.75) is 20.5 Å². The van der Waals surface area contributed by atoms with Crippen molar-refractivity contribution in [2.24, 2.45) is 0 Å². The van der Waals surface area contributed by atoms with E-state index in [1.165, 1.54) is 16.0 Å². The van der Waals surface area contributed by atoms with Gasteiger partial charge < -0.3 is 4.74 Å². The number of rotatable bonds is 5. The first-order valence-electron chi connectivity index (χ1n) is 10.2. The fourth-order valence-corrected chi connectivity index (χ4v) is 3.69. The van der Waals surface area contributed by atoms with Crippen LogP contribution in [0.2, 0.25) is 0 Å². The van der Waals surface area contributed by atoms with Crippen molar-refractivity contribution in [1.82, 2.24) is 5.32 Å². The van der Waals surface area contributed by atoms with Crippen LogP contribution in [0.1, 0.15) is 22.3 Å². The predicted molar refractivity (Wildman–Crippen MR) is 129 cm³/mol. The summed E-state index contributed by atoms with van der Waals surface area (Å²) in [4.78, 5) is 27.1. The van der Waals surface area contributed by atoms with Crippen LogP contribution in [0.5, 0.6) is 5.75 Å². The maximum Gasteiger partial charge on any atom is 0.270 e. The van der Waals surface area contributed by atoms with Gasteiger partial charge in [0.25, 0.3) is 11.8 Å². The van der Waals surface area contributed by atoms with Crippen molar-refractivity contribution in [2.75, 3.05) is 4.90 Å². The molecule has 0 bridgehead atoms. The van der Waals surface area contributed by atoms with Crippen LogP contribution in [-0.4, -0.2) is 16.9 Å². The van der Waals surface area contributed by atoms with E-state index in [9.17, 15) is 9.59 Å². The van der Waals surface area contributed by atoms with Gasteiger partial charge in [0.2, 0.25) is 0 Å². The normalized spacial score (nSPS) is 15.1. The third kappa shape index (κ3) is 4.45. The highest BCUT2D eigenvalue weighted by Crippen LogP contribution is 2.26. The summed E-state index contributed by atoms with van der Waals surface area (Å²) in [5, 5.41) is 2.66. The van der Waals surface area contributed by atoms with Crippen molar-refractivity contribution in [3.63, 3.8) is 0 Å². The molecular weight excluding hydrogens is 420 g/mol. The monoisotopic (exact) mass is 442 g/mol. The van der Waals surface area contributed by atoms with Crippen LogP contribution in [0.3, 0.4) is 0 Å². The summed E-state index contributed by atoms with van der Waals surface area (Å²) in [6.45, 7) is 4.51. The van der Waals surface area contributed by atoms with Crippen LogP contribution < -0.4 is 15.0 Å². The number of aryl methyl sites for hydroxylation is 2. The number of hydrogen-bond donors (Lipinski definition) is 1. The zero-order valence-electron chi connectivity index (χ0n) is 17.8. The van der Waals surface area contributed by atoms with Gasteiger partial charge in [0.1, 0.15) is 17.9 Å². The molecule has 1 aliphatic rings. The first-order valence-corrected chi connectivity index (χ1v) is 10.6. The van der Waals surface area contributed by atoms with Crippen molar-refractivity contribution < 1.29 is 14.3 Å². The Kier molecular flexibility index (Phi) is 6.14. The van der Waals surface area contributed by atoms with Gasteiger partial charge in [-0.25, -0.2) is 0 Å². The predicted octanol–water partition coefficient (Wildman–Crippen LogP) is 4.71. The molecular formula is C26H22N2O3S. The molecule has 6 heteroatoms. The minimum Gasteiger partial charge on any atom is -0.488 e. The molecule has 5 nitrogen and oxygen atoms in total. The lowest BCUT2D eigenvalue weighted by Crippen LogP contribution is -2.54. The second-order valence-corrected chi connectivity index (χ2v) is 7.93. The molecule has 0 spiro atoms. The Morgan fingerprint density at radius 3 is 2.41 bits per heavy atom. The Morgan fingerprint density at radius 1 is 0.938 bits per heavy atom. The molecule has 32 heavy (non-hydrogen) atoms. The molecule has 1 heterocycles. The van der Waals surface area contributed by atoms with Gasteiger partial charge in [-0.3, -0.25) is 19.8 Å². The van der Waals surface area contributed by atoms with Gasteiger partial charge in [-0.15, -0.1) is 0 Å². The lowest BCUT2D eigenvalue weighted by atomic mass is 10.1. The smallest absolute Gasteiger partial charge is 0.270 e. The minimum absolute atomic E-state index is 0.00955. The van der Waals surface area contributed by atoms with Gasteiger partial charge in [0.15, 0.2) is 5.11 Å². The van der Waals surface area contributed by atoms with Gasteiger partial charge in [-0.2, -0.15) is 0 Å². The number of anilines is 1. The number of ether oxygens (including phenoxy) is 1. The van der Waals surface area contributed by atoms with Crippen molar-refractivity contribution in [1.29, 1.82) is 0 Å². The van der Waals surface area contributed by atoms with E-state index >= 15 is 0 Å². The van der Waals surface area contributed by atoms with Gasteiger partial charge >= 0.3 is 0 Å². The van der Waals surface area contributed by atoms with Crippen LogP contribution in [0.25, 0.3) is 6.08 Å². The highest BCUT2D eigenvalue weighted by atomic mass is 32.1. The van der Waals surface area contributed by atoms with Gasteiger partial charge in [-0.1, -0.05) is 54.6 Å². The van der Waals surface area contributed by atoms with Gasteiger partial charge in [0.05, 0.1) is 5.69 Å². The Bertz CT molecular complexity index is 1230. The molecule has 1 N–H and O–H groups in total. The summed E-state index contributed by atoms with van der Waals surface area (Å²) in [5.41, 5.74) is 4.68. The number of carbonyl (C=O) groups is 2. The molecule has 1 aliphatic heterocycles. The quantitative estimate of drug-likeness (QED) is 0.353. The van der Waals surface area contributed by atoms with Gasteiger partial charge in [0, 0.05) is 5.56 Å². The first kappa shape index (κ1) is 21.5. The van der Waals surface area contributed by atoms with E-state index in [2.05, 4.69) is 31.3 Å². The number of hydrogen-bond acceptors (Lipinski definition) is 4. The van der Waals surface area contributed by atoms with Crippen LogP contribution in [-0.2, 0) is 16.2 Å².